The van der Waals surface area contributed by atoms with Gasteiger partial charge in [0.1, 0.15) is 0 Å². The van der Waals surface area contributed by atoms with Crippen LogP contribution in [0.5, 0.6) is 0 Å². The standard InChI is InChI=1S/C26H41NSi2/c1-25(2,3)17-13-19-20-14-18(26(4,5)6)16-22(29(10,11)12)24(20)27-23(19)21(15-17)28(7,8)9/h13-16,27H,1-12H3. The van der Waals surface area contributed by atoms with Crippen LogP contribution in [0.15, 0.2) is 24.3 Å². The molecule has 0 aliphatic carbocycles. The van der Waals surface area contributed by atoms with Crippen molar-refractivity contribution < 1.29 is 0 Å². The van der Waals surface area contributed by atoms with Crippen molar-refractivity contribution in [2.45, 2.75) is 91.7 Å². The van der Waals surface area contributed by atoms with Gasteiger partial charge in [-0.15, -0.1) is 0 Å². The Hall–Kier alpha value is -1.33. The number of aromatic nitrogens is 1. The molecule has 0 fully saturated rings. The molecule has 29 heavy (non-hydrogen) atoms. The van der Waals surface area contributed by atoms with E-state index in [4.69, 9.17) is 0 Å². The molecule has 0 amide bonds. The SMILES string of the molecule is CC(C)(C)c1cc([Si](C)(C)C)c2[nH]c3c([Si](C)(C)C)cc(C(C)(C)C)cc3c2c1. The molecule has 0 atom stereocenters. The van der Waals surface area contributed by atoms with Gasteiger partial charge in [0.15, 0.2) is 0 Å². The minimum absolute atomic E-state index is 0.148. The molecule has 158 valence electrons. The Kier molecular flexibility index (Phi) is 5.08. The van der Waals surface area contributed by atoms with Gasteiger partial charge in [0, 0.05) is 21.8 Å². The smallest absolute Gasteiger partial charge is 0.0803 e. The molecule has 3 rings (SSSR count). The highest BCUT2D eigenvalue weighted by Gasteiger charge is 2.29. The van der Waals surface area contributed by atoms with Crippen molar-refractivity contribution in [3.8, 4) is 0 Å². The maximum Gasteiger partial charge on any atom is 0.0803 e. The van der Waals surface area contributed by atoms with Gasteiger partial charge in [0.05, 0.1) is 16.1 Å². The van der Waals surface area contributed by atoms with E-state index in [1.54, 1.807) is 10.4 Å². The molecule has 2 aromatic carbocycles. The lowest BCUT2D eigenvalue weighted by molar-refractivity contribution is 0.591. The molecule has 1 heterocycles. The summed E-state index contributed by atoms with van der Waals surface area (Å²) >= 11 is 0. The molecule has 1 aromatic heterocycles. The third kappa shape index (κ3) is 4.13. The van der Waals surface area contributed by atoms with Crippen molar-refractivity contribution in [3.05, 3.63) is 35.4 Å². The summed E-state index contributed by atoms with van der Waals surface area (Å²) in [5.74, 6) is 0. The third-order valence-electron chi connectivity index (χ3n) is 6.16. The maximum atomic E-state index is 3.96. The lowest BCUT2D eigenvalue weighted by atomic mass is 9.85. The normalized spacial score (nSPS) is 14.2. The molecule has 1 nitrogen and oxygen atoms in total. The molecule has 0 bridgehead atoms. The van der Waals surface area contributed by atoms with Crippen LogP contribution in [0.25, 0.3) is 21.8 Å². The van der Waals surface area contributed by atoms with E-state index in [1.165, 1.54) is 32.9 Å². The van der Waals surface area contributed by atoms with E-state index in [1.807, 2.05) is 0 Å². The molecule has 0 aliphatic heterocycles. The fraction of sp³-hybridized carbons (Fsp3) is 0.538. The molecule has 3 heteroatoms. The molecular weight excluding hydrogens is 382 g/mol. The predicted molar refractivity (Wildman–Crippen MR) is 139 cm³/mol. The van der Waals surface area contributed by atoms with Crippen molar-refractivity contribution in [1.29, 1.82) is 0 Å². The van der Waals surface area contributed by atoms with Crippen LogP contribution in [-0.2, 0) is 10.8 Å². The molecule has 0 saturated carbocycles. The lowest BCUT2D eigenvalue weighted by Crippen LogP contribution is -2.40. The number of hydrogen-bond donors (Lipinski definition) is 1. The van der Waals surface area contributed by atoms with Gasteiger partial charge in [0.25, 0.3) is 0 Å². The van der Waals surface area contributed by atoms with Gasteiger partial charge >= 0.3 is 0 Å². The third-order valence-corrected chi connectivity index (χ3v) is 10.2. The topological polar surface area (TPSA) is 15.8 Å². The van der Waals surface area contributed by atoms with E-state index in [0.717, 1.165) is 0 Å². The summed E-state index contributed by atoms with van der Waals surface area (Å²) in [5.41, 5.74) is 5.98. The van der Waals surface area contributed by atoms with Gasteiger partial charge in [-0.05, 0) is 44.5 Å². The second kappa shape index (κ2) is 6.58. The van der Waals surface area contributed by atoms with Crippen molar-refractivity contribution in [1.82, 2.24) is 4.98 Å². The average molecular weight is 424 g/mol. The van der Waals surface area contributed by atoms with Crippen LogP contribution < -0.4 is 10.4 Å². The van der Waals surface area contributed by atoms with Gasteiger partial charge in [-0.2, -0.15) is 0 Å². The minimum atomic E-state index is -1.50. The summed E-state index contributed by atoms with van der Waals surface area (Å²) in [4.78, 5) is 3.96. The fourth-order valence-electron chi connectivity index (χ4n) is 4.15. The molecule has 0 unspecified atom stereocenters. The lowest BCUT2D eigenvalue weighted by Gasteiger charge is -2.25. The Morgan fingerprint density at radius 2 is 0.862 bits per heavy atom. The highest BCUT2D eigenvalue weighted by atomic mass is 28.3. The van der Waals surface area contributed by atoms with Crippen LogP contribution in [0.3, 0.4) is 0 Å². The number of H-pyrrole nitrogens is 1. The highest BCUT2D eigenvalue weighted by Crippen LogP contribution is 2.34. The largest absolute Gasteiger partial charge is 0.355 e. The fourth-order valence-corrected chi connectivity index (χ4v) is 7.22. The van der Waals surface area contributed by atoms with Gasteiger partial charge < -0.3 is 4.98 Å². The average Bonchev–Trinajstić information content (AvgIpc) is 2.87. The van der Waals surface area contributed by atoms with Crippen LogP contribution in [0, 0.1) is 0 Å². The second-order valence-electron chi connectivity index (χ2n) is 13.0. The molecular formula is C26H41NSi2. The number of aromatic amines is 1. The molecule has 0 aliphatic rings. The van der Waals surface area contributed by atoms with Crippen molar-refractivity contribution in [2.24, 2.45) is 0 Å². The van der Waals surface area contributed by atoms with Crippen LogP contribution in [-0.4, -0.2) is 21.1 Å². The van der Waals surface area contributed by atoms with Gasteiger partial charge in [-0.1, -0.05) is 93.0 Å². The molecule has 3 aromatic rings. The van der Waals surface area contributed by atoms with E-state index in [-0.39, 0.29) is 10.8 Å². The summed E-state index contributed by atoms with van der Waals surface area (Å²) in [7, 11) is -3.01. The molecule has 0 radical (unpaired) electrons. The Balaban J connectivity index is 2.58. The van der Waals surface area contributed by atoms with E-state index in [0.29, 0.717) is 0 Å². The summed E-state index contributed by atoms with van der Waals surface area (Å²) < 4.78 is 0. The minimum Gasteiger partial charge on any atom is -0.355 e. The number of fused-ring (bicyclic) bond motifs is 3. The van der Waals surface area contributed by atoms with Crippen molar-refractivity contribution in [3.63, 3.8) is 0 Å². The van der Waals surface area contributed by atoms with Crippen molar-refractivity contribution >= 4 is 48.3 Å². The van der Waals surface area contributed by atoms with Crippen LogP contribution in [0.2, 0.25) is 39.3 Å². The zero-order chi connectivity index (χ0) is 22.2. The Labute approximate surface area is 180 Å². The highest BCUT2D eigenvalue weighted by molar-refractivity contribution is 6.91. The number of nitrogens with one attached hydrogen (secondary N) is 1. The van der Waals surface area contributed by atoms with E-state index >= 15 is 0 Å². The van der Waals surface area contributed by atoms with Crippen molar-refractivity contribution in [2.75, 3.05) is 0 Å². The van der Waals surface area contributed by atoms with E-state index in [9.17, 15) is 0 Å². The van der Waals surface area contributed by atoms with Gasteiger partial charge in [0.2, 0.25) is 0 Å². The first kappa shape index (κ1) is 22.4. The van der Waals surface area contributed by atoms with E-state index < -0.39 is 16.1 Å². The zero-order valence-electron chi connectivity index (χ0n) is 20.8. The van der Waals surface area contributed by atoms with Crippen LogP contribution >= 0.6 is 0 Å². The number of hydrogen-bond acceptors (Lipinski definition) is 0. The predicted octanol–water partition coefficient (Wildman–Crippen LogP) is 7.01. The Morgan fingerprint density at radius 1 is 0.552 bits per heavy atom. The quantitative estimate of drug-likeness (QED) is 0.427. The monoisotopic (exact) mass is 423 g/mol. The number of benzene rings is 2. The summed E-state index contributed by atoms with van der Waals surface area (Å²) in [6.45, 7) is 28.9. The second-order valence-corrected chi connectivity index (χ2v) is 23.1. The number of rotatable bonds is 2. The van der Waals surface area contributed by atoms with Gasteiger partial charge in [-0.25, -0.2) is 0 Å². The summed E-state index contributed by atoms with van der Waals surface area (Å²) in [6.07, 6.45) is 0. The van der Waals surface area contributed by atoms with Gasteiger partial charge in [-0.3, -0.25) is 0 Å². The van der Waals surface area contributed by atoms with E-state index in [2.05, 4.69) is 110 Å². The Bertz CT molecular complexity index is 989. The molecule has 1 N–H and O–H groups in total. The first-order valence-corrected chi connectivity index (χ1v) is 18.1. The first-order valence-electron chi connectivity index (χ1n) is 11.1. The maximum absolute atomic E-state index is 3.96. The summed E-state index contributed by atoms with van der Waals surface area (Å²) in [5, 5.41) is 5.98. The Morgan fingerprint density at radius 3 is 1.10 bits per heavy atom. The zero-order valence-corrected chi connectivity index (χ0v) is 22.8. The van der Waals surface area contributed by atoms with Crippen LogP contribution in [0.4, 0.5) is 0 Å². The molecule has 0 spiro atoms. The molecule has 0 saturated heterocycles. The van der Waals surface area contributed by atoms with Crippen LogP contribution in [0.1, 0.15) is 52.7 Å². The first-order chi connectivity index (χ1) is 12.9. The summed E-state index contributed by atoms with van der Waals surface area (Å²) in [6, 6.07) is 9.95.